The number of para-hydroxylation sites is 2. The molecule has 2 aliphatic rings. The van der Waals surface area contributed by atoms with Crippen molar-refractivity contribution >= 4 is 82.8 Å². The maximum Gasteiger partial charge on any atom is 0.227 e. The summed E-state index contributed by atoms with van der Waals surface area (Å²) in [6.07, 6.45) is 0. The van der Waals surface area contributed by atoms with Crippen LogP contribution in [0.15, 0.2) is 239 Å². The maximum atomic E-state index is 7.45. The summed E-state index contributed by atoms with van der Waals surface area (Å²) in [5.41, 5.74) is 18.6. The van der Waals surface area contributed by atoms with E-state index in [4.69, 9.17) is 18.8 Å². The molecule has 0 radical (unpaired) electrons. The quantitative estimate of drug-likeness (QED) is 0.127. The summed E-state index contributed by atoms with van der Waals surface area (Å²) in [6, 6.07) is 83.2. The molecule has 0 N–H and O–H groups in total. The molecule has 14 rings (SSSR count). The summed E-state index contributed by atoms with van der Waals surface area (Å²) in [7, 11) is -3.28. The monoisotopic (exact) mass is 1030 g/mol. The van der Waals surface area contributed by atoms with E-state index in [1.807, 2.05) is 36.4 Å². The van der Waals surface area contributed by atoms with Crippen molar-refractivity contribution in [3.8, 4) is 45.2 Å². The molecule has 2 heterocycles. The fourth-order valence-corrected chi connectivity index (χ4v) is 14.5. The van der Waals surface area contributed by atoms with Gasteiger partial charge in [-0.25, -0.2) is 9.97 Å². The van der Waals surface area contributed by atoms with Crippen LogP contribution < -0.4 is 20.2 Å². The maximum absolute atomic E-state index is 7.45. The van der Waals surface area contributed by atoms with Gasteiger partial charge in [0.2, 0.25) is 11.8 Å². The molecule has 0 saturated carbocycles. The predicted molar refractivity (Wildman–Crippen MR) is 324 cm³/mol. The first-order valence-electron chi connectivity index (χ1n) is 26.6. The molecular weight excluding hydrogens is 973 g/mol. The van der Waals surface area contributed by atoms with Crippen LogP contribution in [0, 0.1) is 0 Å². The van der Waals surface area contributed by atoms with Gasteiger partial charge in [-0.2, -0.15) is 0 Å². The van der Waals surface area contributed by atoms with Crippen molar-refractivity contribution in [3.05, 3.63) is 253 Å². The minimum absolute atomic E-state index is 0.541. The van der Waals surface area contributed by atoms with E-state index in [0.717, 1.165) is 78.5 Å². The molecule has 6 nitrogen and oxygen atoms in total. The Balaban J connectivity index is 1.17. The van der Waals surface area contributed by atoms with Gasteiger partial charge in [-0.1, -0.05) is 195 Å². The molecule has 0 saturated heterocycles. The molecule has 10 aromatic carbocycles. The van der Waals surface area contributed by atoms with Crippen molar-refractivity contribution in [3.63, 3.8) is 0 Å². The highest BCUT2D eigenvalue weighted by atomic mass is 28.3. The Kier molecular flexibility index (Phi) is 10.7. The van der Waals surface area contributed by atoms with E-state index in [0.29, 0.717) is 22.9 Å². The third kappa shape index (κ3) is 7.34. The van der Waals surface area contributed by atoms with Gasteiger partial charge < -0.3 is 18.6 Å². The average Bonchev–Trinajstić information content (AvgIpc) is 3.76. The molecule has 77 heavy (non-hydrogen) atoms. The summed E-state index contributed by atoms with van der Waals surface area (Å²) in [5.74, 6) is 1.08. The van der Waals surface area contributed by atoms with Crippen molar-refractivity contribution in [2.24, 2.45) is 0 Å². The Morgan fingerprint density at radius 1 is 0.351 bits per heavy atom. The van der Waals surface area contributed by atoms with Crippen LogP contribution in [0.2, 0.25) is 39.3 Å². The molecule has 372 valence electrons. The number of oxazole rings is 2. The first kappa shape index (κ1) is 46.7. The molecule has 12 aromatic rings. The highest BCUT2D eigenvalue weighted by Gasteiger charge is 2.55. The van der Waals surface area contributed by atoms with Gasteiger partial charge in [0, 0.05) is 45.0 Å². The lowest BCUT2D eigenvalue weighted by Gasteiger charge is -2.33. The Labute approximate surface area is 451 Å². The first-order chi connectivity index (χ1) is 37.5. The largest absolute Gasteiger partial charge is 0.435 e. The number of anilines is 6. The number of hydrogen-bond acceptors (Lipinski definition) is 6. The van der Waals surface area contributed by atoms with Crippen LogP contribution in [0.1, 0.15) is 22.3 Å². The van der Waals surface area contributed by atoms with E-state index >= 15 is 0 Å². The molecule has 0 bridgehead atoms. The van der Waals surface area contributed by atoms with E-state index in [9.17, 15) is 0 Å². The van der Waals surface area contributed by atoms with E-state index in [2.05, 4.69) is 243 Å². The smallest absolute Gasteiger partial charge is 0.227 e. The number of hydrogen-bond donors (Lipinski definition) is 0. The zero-order valence-corrected chi connectivity index (χ0v) is 46.0. The normalized spacial score (nSPS) is 13.2. The fraction of sp³-hybridized carbons (Fsp3) is 0.101. The minimum atomic E-state index is -1.64. The molecule has 0 atom stereocenters. The van der Waals surface area contributed by atoms with Crippen molar-refractivity contribution in [2.75, 3.05) is 9.80 Å². The van der Waals surface area contributed by atoms with Crippen molar-refractivity contribution in [1.29, 1.82) is 0 Å². The van der Waals surface area contributed by atoms with Crippen LogP contribution in [0.4, 0.5) is 34.1 Å². The summed E-state index contributed by atoms with van der Waals surface area (Å²) in [6.45, 7) is 14.4. The van der Waals surface area contributed by atoms with Gasteiger partial charge in [0.1, 0.15) is 11.0 Å². The van der Waals surface area contributed by atoms with Gasteiger partial charge in [-0.15, -0.1) is 0 Å². The first-order valence-corrected chi connectivity index (χ1v) is 33.6. The van der Waals surface area contributed by atoms with Gasteiger partial charge in [0.05, 0.1) is 32.9 Å². The molecule has 0 amide bonds. The summed E-state index contributed by atoms with van der Waals surface area (Å²) in [5, 5.41) is 2.79. The second-order valence-electron chi connectivity index (χ2n) is 22.5. The Morgan fingerprint density at radius 2 is 0.675 bits per heavy atom. The van der Waals surface area contributed by atoms with Gasteiger partial charge in [-0.3, -0.25) is 0 Å². The van der Waals surface area contributed by atoms with Crippen molar-refractivity contribution < 1.29 is 8.83 Å². The number of fused-ring (bicyclic) bond motifs is 14. The van der Waals surface area contributed by atoms with Gasteiger partial charge in [0.15, 0.2) is 11.2 Å². The van der Waals surface area contributed by atoms with E-state index in [1.165, 1.54) is 32.6 Å². The molecule has 0 aliphatic heterocycles. The predicted octanol–water partition coefficient (Wildman–Crippen LogP) is 17.7. The second kappa shape index (κ2) is 17.6. The van der Waals surface area contributed by atoms with Crippen LogP contribution in [0.25, 0.3) is 67.4 Å². The van der Waals surface area contributed by atoms with E-state index in [1.54, 1.807) is 0 Å². The summed E-state index contributed by atoms with van der Waals surface area (Å²) < 4.78 is 14.9. The lowest BCUT2D eigenvalue weighted by molar-refractivity contribution is 0.616. The molecule has 2 aromatic heterocycles. The molecule has 0 unspecified atom stereocenters. The van der Waals surface area contributed by atoms with E-state index in [-0.39, 0.29) is 0 Å². The third-order valence-electron chi connectivity index (χ3n) is 15.8. The zero-order chi connectivity index (χ0) is 52.2. The molecule has 1 spiro atoms. The van der Waals surface area contributed by atoms with Crippen molar-refractivity contribution in [1.82, 2.24) is 9.97 Å². The molecule has 0 fully saturated rings. The second-order valence-corrected chi connectivity index (χ2v) is 32.7. The molecular formula is C69H56N4O2Si2. The van der Waals surface area contributed by atoms with Crippen LogP contribution in [0.5, 0.6) is 0 Å². The Bertz CT molecular complexity index is 3940. The summed E-state index contributed by atoms with van der Waals surface area (Å²) in [4.78, 5) is 15.9. The van der Waals surface area contributed by atoms with Gasteiger partial charge in [0.25, 0.3) is 0 Å². The Hall–Kier alpha value is -8.83. The number of rotatable bonds is 10. The fourth-order valence-electron chi connectivity index (χ4n) is 12.2. The zero-order valence-electron chi connectivity index (χ0n) is 44.0. The highest BCUT2D eigenvalue weighted by molar-refractivity contribution is 6.89. The number of aromatic nitrogens is 2. The summed E-state index contributed by atoms with van der Waals surface area (Å²) >= 11 is 0. The average molecular weight is 1030 g/mol. The van der Waals surface area contributed by atoms with E-state index < -0.39 is 21.6 Å². The lowest BCUT2D eigenvalue weighted by atomic mass is 9.70. The standard InChI is InChI=1S/C69H56N4O2Si2/c1-76(2,3)51-39-35-49(36-40-51)72(47-27-15-9-16-28-47)59-43-57-61(65-63(59)70-67(74-65)45-23-11-7-12-24-45)62-58(69(57)55-33-21-19-31-53(55)54-32-20-22-34-56(54)69)44-60(64-66(62)75-68(71-64)46-25-13-8-14-26-46)73(48-29-17-10-18-30-48)50-37-41-52(42-38-50)77(4,5)6/h7-44H,1-6H3. The Morgan fingerprint density at radius 3 is 1.04 bits per heavy atom. The molecule has 2 aliphatic carbocycles. The SMILES string of the molecule is C[Si](C)(C)c1ccc(N(c2ccccc2)c2cc3c(c4oc(-c5ccccc5)nc24)-c2c(cc(N(c4ccccc4)c4ccc([Si](C)(C)C)cc4)c4nc(-c5ccccc5)oc24)C32c3ccccc3-c3ccccc32)cc1. The van der Waals surface area contributed by atoms with Gasteiger partial charge >= 0.3 is 0 Å². The van der Waals surface area contributed by atoms with Crippen LogP contribution in [-0.4, -0.2) is 26.1 Å². The van der Waals surface area contributed by atoms with Crippen LogP contribution in [-0.2, 0) is 5.41 Å². The topological polar surface area (TPSA) is 58.5 Å². The molecule has 8 heteroatoms. The van der Waals surface area contributed by atoms with Crippen molar-refractivity contribution in [2.45, 2.75) is 44.7 Å². The highest BCUT2D eigenvalue weighted by Crippen LogP contribution is 2.67. The lowest BCUT2D eigenvalue weighted by Crippen LogP contribution is -2.37. The number of benzene rings is 10. The van der Waals surface area contributed by atoms with Gasteiger partial charge in [-0.05, 0) is 118 Å². The van der Waals surface area contributed by atoms with Crippen LogP contribution in [0.3, 0.4) is 0 Å². The minimum Gasteiger partial charge on any atom is -0.435 e. The number of nitrogens with zero attached hydrogens (tertiary/aromatic N) is 4. The third-order valence-corrected chi connectivity index (χ3v) is 20.0. The van der Waals surface area contributed by atoms with Crippen LogP contribution >= 0.6 is 0 Å².